The highest BCUT2D eigenvalue weighted by Gasteiger charge is 2.20. The fourth-order valence-corrected chi connectivity index (χ4v) is 2.68. The van der Waals surface area contributed by atoms with Gasteiger partial charge in [-0.2, -0.15) is 0 Å². The summed E-state index contributed by atoms with van der Waals surface area (Å²) in [7, 11) is 0. The smallest absolute Gasteiger partial charge is 0.338 e. The van der Waals surface area contributed by atoms with E-state index in [-0.39, 0.29) is 18.2 Å². The van der Waals surface area contributed by atoms with Gasteiger partial charge < -0.3 is 14.5 Å². The summed E-state index contributed by atoms with van der Waals surface area (Å²) in [5.41, 5.74) is 2.65. The van der Waals surface area contributed by atoms with Crippen LogP contribution in [-0.2, 0) is 4.74 Å². The van der Waals surface area contributed by atoms with Gasteiger partial charge in [-0.25, -0.2) is 4.79 Å². The van der Waals surface area contributed by atoms with Crippen molar-refractivity contribution in [2.24, 2.45) is 0 Å². The van der Waals surface area contributed by atoms with Gasteiger partial charge in [-0.15, -0.1) is 0 Å². The number of esters is 1. The number of aromatic nitrogens is 1. The number of benzene rings is 1. The van der Waals surface area contributed by atoms with Crippen LogP contribution in [0.1, 0.15) is 56.3 Å². The second-order valence-electron chi connectivity index (χ2n) is 5.64. The lowest BCUT2D eigenvalue weighted by Gasteiger charge is -2.07. The molecule has 6 nitrogen and oxygen atoms in total. The predicted molar refractivity (Wildman–Crippen MR) is 92.5 cm³/mol. The van der Waals surface area contributed by atoms with Crippen LogP contribution in [-0.4, -0.2) is 35.7 Å². The molecule has 0 radical (unpaired) electrons. The molecule has 2 aromatic rings. The summed E-state index contributed by atoms with van der Waals surface area (Å²) in [6.07, 6.45) is 0. The summed E-state index contributed by atoms with van der Waals surface area (Å²) in [5.74, 6) is -0.267. The highest BCUT2D eigenvalue weighted by Crippen LogP contribution is 2.20. The zero-order chi connectivity index (χ0) is 18.6. The van der Waals surface area contributed by atoms with Crippen molar-refractivity contribution in [1.82, 2.24) is 4.98 Å². The maximum absolute atomic E-state index is 12.3. The van der Waals surface area contributed by atoms with Crippen LogP contribution in [0.15, 0.2) is 24.3 Å². The number of hydrogen-bond acceptors (Lipinski definition) is 5. The van der Waals surface area contributed by atoms with E-state index in [1.807, 2.05) is 0 Å². The van der Waals surface area contributed by atoms with Gasteiger partial charge in [0.1, 0.15) is 5.75 Å². The Morgan fingerprint density at radius 2 is 1.72 bits per heavy atom. The third-order valence-electron chi connectivity index (χ3n) is 3.80. The van der Waals surface area contributed by atoms with Gasteiger partial charge in [0.2, 0.25) is 5.78 Å². The van der Waals surface area contributed by atoms with Crippen molar-refractivity contribution in [3.63, 3.8) is 0 Å². The van der Waals surface area contributed by atoms with Gasteiger partial charge >= 0.3 is 5.97 Å². The van der Waals surface area contributed by atoms with E-state index in [0.29, 0.717) is 40.4 Å². The van der Waals surface area contributed by atoms with E-state index in [2.05, 4.69) is 4.98 Å². The minimum atomic E-state index is -0.403. The maximum Gasteiger partial charge on any atom is 0.338 e. The topological polar surface area (TPSA) is 85.5 Å². The second-order valence-corrected chi connectivity index (χ2v) is 5.64. The van der Waals surface area contributed by atoms with Crippen molar-refractivity contribution < 1.29 is 23.9 Å². The van der Waals surface area contributed by atoms with Crippen LogP contribution in [0.2, 0.25) is 0 Å². The molecular weight excluding hydrogens is 322 g/mol. The third kappa shape index (κ3) is 4.15. The van der Waals surface area contributed by atoms with Gasteiger partial charge in [-0.05, 0) is 57.5 Å². The molecule has 1 heterocycles. The summed E-state index contributed by atoms with van der Waals surface area (Å²) in [6, 6.07) is 6.37. The zero-order valence-electron chi connectivity index (χ0n) is 14.8. The van der Waals surface area contributed by atoms with Crippen LogP contribution in [0, 0.1) is 13.8 Å². The average Bonchev–Trinajstić information content (AvgIpc) is 2.88. The van der Waals surface area contributed by atoms with Crippen molar-refractivity contribution in [3.8, 4) is 5.75 Å². The molecule has 0 fully saturated rings. The predicted octanol–water partition coefficient (Wildman–Crippen LogP) is 3.27. The summed E-state index contributed by atoms with van der Waals surface area (Å²) in [5, 5.41) is 0. The highest BCUT2D eigenvalue weighted by molar-refractivity contribution is 6.03. The largest absolute Gasteiger partial charge is 0.485 e. The van der Waals surface area contributed by atoms with Crippen LogP contribution in [0.3, 0.4) is 0 Å². The number of aryl methyl sites for hydroxylation is 1. The Bertz CT molecular complexity index is 802. The second kappa shape index (κ2) is 7.79. The molecule has 6 heteroatoms. The van der Waals surface area contributed by atoms with Crippen LogP contribution in [0.4, 0.5) is 0 Å². The molecule has 0 spiro atoms. The molecule has 1 N–H and O–H groups in total. The lowest BCUT2D eigenvalue weighted by atomic mass is 10.1. The molecule has 1 aromatic heterocycles. The summed E-state index contributed by atoms with van der Waals surface area (Å²) in [4.78, 5) is 38.5. The number of Topliss-reactive ketones (excluding diaryl/α,β-unsaturated/α-hetero) is 2. The van der Waals surface area contributed by atoms with Gasteiger partial charge in [0.05, 0.1) is 17.9 Å². The zero-order valence-corrected chi connectivity index (χ0v) is 14.8. The molecule has 1 aromatic carbocycles. The van der Waals surface area contributed by atoms with E-state index in [1.54, 1.807) is 45.0 Å². The number of hydrogen-bond donors (Lipinski definition) is 1. The van der Waals surface area contributed by atoms with Crippen molar-refractivity contribution in [3.05, 3.63) is 52.3 Å². The maximum atomic E-state index is 12.3. The van der Waals surface area contributed by atoms with E-state index in [0.717, 1.165) is 0 Å². The number of H-pyrrole nitrogens is 1. The van der Waals surface area contributed by atoms with Crippen molar-refractivity contribution in [2.45, 2.75) is 27.7 Å². The van der Waals surface area contributed by atoms with Crippen LogP contribution >= 0.6 is 0 Å². The minimum absolute atomic E-state index is 0.0826. The normalized spacial score (nSPS) is 10.4. The SMILES string of the molecule is CCOC(=O)c1ccc(OCC(=O)c2[nH]c(C)c(C(C)=O)c2C)cc1. The monoisotopic (exact) mass is 343 g/mol. The Kier molecular flexibility index (Phi) is 5.75. The number of aromatic amines is 1. The Hall–Kier alpha value is -2.89. The van der Waals surface area contributed by atoms with Crippen LogP contribution in [0.5, 0.6) is 5.75 Å². The molecule has 0 aliphatic rings. The van der Waals surface area contributed by atoms with E-state index in [4.69, 9.17) is 9.47 Å². The molecule has 25 heavy (non-hydrogen) atoms. The Balaban J connectivity index is 2.04. The fraction of sp³-hybridized carbons (Fsp3) is 0.316. The Morgan fingerprint density at radius 1 is 1.08 bits per heavy atom. The first-order valence-corrected chi connectivity index (χ1v) is 7.98. The summed E-state index contributed by atoms with van der Waals surface area (Å²) < 4.78 is 10.4. The molecule has 0 amide bonds. The van der Waals surface area contributed by atoms with Gasteiger partial charge in [-0.3, -0.25) is 9.59 Å². The molecule has 0 aliphatic carbocycles. The number of ether oxygens (including phenoxy) is 2. The molecule has 0 atom stereocenters. The molecule has 0 saturated carbocycles. The van der Waals surface area contributed by atoms with Crippen LogP contribution < -0.4 is 4.74 Å². The first-order chi connectivity index (χ1) is 11.8. The number of nitrogens with one attached hydrogen (secondary N) is 1. The number of ketones is 2. The van der Waals surface area contributed by atoms with Gasteiger partial charge in [0, 0.05) is 11.3 Å². The van der Waals surface area contributed by atoms with Crippen LogP contribution in [0.25, 0.3) is 0 Å². The molecule has 0 unspecified atom stereocenters. The van der Waals surface area contributed by atoms with E-state index in [9.17, 15) is 14.4 Å². The molecule has 0 bridgehead atoms. The highest BCUT2D eigenvalue weighted by atomic mass is 16.5. The van der Waals surface area contributed by atoms with Crippen molar-refractivity contribution >= 4 is 17.5 Å². The third-order valence-corrected chi connectivity index (χ3v) is 3.80. The van der Waals surface area contributed by atoms with Gasteiger partial charge in [0.25, 0.3) is 0 Å². The summed E-state index contributed by atoms with van der Waals surface area (Å²) in [6.45, 7) is 6.85. The molecule has 0 aliphatic heterocycles. The minimum Gasteiger partial charge on any atom is -0.485 e. The van der Waals surface area contributed by atoms with E-state index < -0.39 is 5.97 Å². The average molecular weight is 343 g/mol. The Morgan fingerprint density at radius 3 is 2.24 bits per heavy atom. The molecule has 132 valence electrons. The van der Waals surface area contributed by atoms with E-state index >= 15 is 0 Å². The standard InChI is InChI=1S/C19H21NO5/c1-5-24-19(23)14-6-8-15(9-7-14)25-10-16(22)18-11(2)17(13(4)21)12(3)20-18/h6-9,20H,5,10H2,1-4H3. The van der Waals surface area contributed by atoms with Gasteiger partial charge in [-0.1, -0.05) is 0 Å². The molecule has 2 rings (SSSR count). The quantitative estimate of drug-likeness (QED) is 0.616. The lowest BCUT2D eigenvalue weighted by molar-refractivity contribution is 0.0526. The Labute approximate surface area is 146 Å². The van der Waals surface area contributed by atoms with Gasteiger partial charge in [0.15, 0.2) is 12.4 Å². The lowest BCUT2D eigenvalue weighted by Crippen LogP contribution is -2.13. The number of rotatable bonds is 7. The first kappa shape index (κ1) is 18.4. The number of carbonyl (C=O) groups excluding carboxylic acids is 3. The first-order valence-electron chi connectivity index (χ1n) is 7.98. The summed E-state index contributed by atoms with van der Waals surface area (Å²) >= 11 is 0. The van der Waals surface area contributed by atoms with Crippen molar-refractivity contribution in [1.29, 1.82) is 0 Å². The van der Waals surface area contributed by atoms with E-state index in [1.165, 1.54) is 6.92 Å². The fourth-order valence-electron chi connectivity index (χ4n) is 2.68. The molecule has 0 saturated heterocycles. The number of carbonyl (C=O) groups is 3. The molecular formula is C19H21NO5. The van der Waals surface area contributed by atoms with Crippen molar-refractivity contribution in [2.75, 3.05) is 13.2 Å².